The number of hydrogen-bond acceptors (Lipinski definition) is 10. The van der Waals surface area contributed by atoms with E-state index in [-0.39, 0.29) is 0 Å². The first-order chi connectivity index (χ1) is 8.51. The summed E-state index contributed by atoms with van der Waals surface area (Å²) in [6.07, 6.45) is 0. The van der Waals surface area contributed by atoms with Crippen molar-refractivity contribution in [1.82, 2.24) is 0 Å². The Bertz CT molecular complexity index is 703. The number of rotatable bonds is 6. The van der Waals surface area contributed by atoms with Crippen molar-refractivity contribution in [3.63, 3.8) is 0 Å². The number of carbonyl (C=O) groups is 2. The van der Waals surface area contributed by atoms with E-state index in [1.54, 1.807) is 0 Å². The molecule has 0 spiro atoms. The van der Waals surface area contributed by atoms with Crippen LogP contribution in [0.2, 0.25) is 0 Å². The van der Waals surface area contributed by atoms with E-state index >= 15 is 0 Å². The molecule has 0 bridgehead atoms. The van der Waals surface area contributed by atoms with Crippen LogP contribution in [0.1, 0.15) is 0 Å². The van der Waals surface area contributed by atoms with Gasteiger partial charge in [0.25, 0.3) is 34.4 Å². The van der Waals surface area contributed by atoms with Crippen LogP contribution in [0, 0.1) is 0 Å². The van der Waals surface area contributed by atoms with Gasteiger partial charge in [0.1, 0.15) is 0 Å². The first-order valence-corrected chi connectivity index (χ1v) is 8.22. The Morgan fingerprint density at radius 1 is 0.850 bits per heavy atom. The topological polar surface area (TPSA) is 243 Å². The average Bonchev–Trinajstić information content (AvgIpc) is 2.05. The van der Waals surface area contributed by atoms with Crippen molar-refractivity contribution in [3.8, 4) is 0 Å². The van der Waals surface area contributed by atoms with Gasteiger partial charge in [0.05, 0.1) is 11.9 Å². The number of carbonyl (C=O) groups excluding carboxylic acids is 2. The highest BCUT2D eigenvalue weighted by atomic mass is 32.3. The summed E-state index contributed by atoms with van der Waals surface area (Å²) in [5.41, 5.74) is 0. The molecule has 0 heterocycles. The molecule has 0 saturated heterocycles. The minimum Gasteiger partial charge on any atom is -0.549 e. The molecule has 0 aromatic heterocycles. The molecule has 0 aromatic carbocycles. The van der Waals surface area contributed by atoms with Gasteiger partial charge in [-0.3, -0.25) is 13.7 Å². The standard InChI is InChI=1S/C4H6O13S3/c5-2(6)1(18(9,10)11)4(3(7)8,19(12,13)14)20(15,16)17/h1H,(H,5,6)(H,7,8)(H,9,10,11)(H,12,13,14)(H,15,16,17)/p-2. The maximum absolute atomic E-state index is 10.9. The molecule has 16 heteroatoms. The lowest BCUT2D eigenvalue weighted by atomic mass is 10.3. The van der Waals surface area contributed by atoms with E-state index < -0.39 is 51.6 Å². The summed E-state index contributed by atoms with van der Waals surface area (Å²) in [7, 11) is -19.6. The molecule has 0 saturated carbocycles. The van der Waals surface area contributed by atoms with E-state index in [1.807, 2.05) is 0 Å². The Kier molecular flexibility index (Phi) is 4.57. The Labute approximate surface area is 111 Å². The summed E-state index contributed by atoms with van der Waals surface area (Å²) in [5.74, 6) is -6.80. The maximum Gasteiger partial charge on any atom is 0.295 e. The number of aliphatic carboxylic acids is 2. The molecule has 0 fully saturated rings. The predicted octanol–water partition coefficient (Wildman–Crippen LogP) is -5.79. The largest absolute Gasteiger partial charge is 0.549 e. The van der Waals surface area contributed by atoms with Crippen LogP contribution >= 0.6 is 0 Å². The molecular formula is C4H4O13S3-2. The summed E-state index contributed by atoms with van der Waals surface area (Å²) in [5, 5.41) is 16.8. The minimum atomic E-state index is -6.67. The van der Waals surface area contributed by atoms with Gasteiger partial charge in [0, 0.05) is 0 Å². The zero-order valence-electron chi connectivity index (χ0n) is 8.73. The third-order valence-corrected chi connectivity index (χ3v) is 6.95. The van der Waals surface area contributed by atoms with Crippen LogP contribution in [0.25, 0.3) is 0 Å². The van der Waals surface area contributed by atoms with Crippen LogP contribution in [-0.2, 0) is 39.9 Å². The second-order valence-electron chi connectivity index (χ2n) is 3.12. The maximum atomic E-state index is 10.9. The van der Waals surface area contributed by atoms with Gasteiger partial charge in [-0.15, -0.1) is 0 Å². The molecule has 0 rings (SSSR count). The zero-order chi connectivity index (χ0) is 16.7. The molecule has 0 radical (unpaired) electrons. The van der Waals surface area contributed by atoms with Gasteiger partial charge in [-0.1, -0.05) is 0 Å². The molecule has 0 amide bonds. The molecule has 0 aromatic rings. The van der Waals surface area contributed by atoms with Crippen molar-refractivity contribution in [2.45, 2.75) is 9.33 Å². The summed E-state index contributed by atoms with van der Waals surface area (Å²) in [4.78, 5) is 21.1. The molecular weight excluding hydrogens is 352 g/mol. The first-order valence-electron chi connectivity index (χ1n) is 3.84. The molecule has 1 unspecified atom stereocenters. The van der Waals surface area contributed by atoms with E-state index in [4.69, 9.17) is 13.7 Å². The third kappa shape index (κ3) is 2.74. The lowest BCUT2D eigenvalue weighted by molar-refractivity contribution is -0.315. The van der Waals surface area contributed by atoms with Crippen LogP contribution in [0.15, 0.2) is 0 Å². The van der Waals surface area contributed by atoms with Crippen molar-refractivity contribution in [2.75, 3.05) is 0 Å². The van der Waals surface area contributed by atoms with Crippen molar-refractivity contribution in [3.05, 3.63) is 0 Å². The second-order valence-corrected chi connectivity index (χ2v) is 8.07. The molecule has 20 heavy (non-hydrogen) atoms. The van der Waals surface area contributed by atoms with Crippen molar-refractivity contribution < 1.29 is 58.7 Å². The minimum absolute atomic E-state index is 3.26. The Morgan fingerprint density at radius 2 is 1.15 bits per heavy atom. The van der Waals surface area contributed by atoms with Crippen LogP contribution in [0.3, 0.4) is 0 Å². The smallest absolute Gasteiger partial charge is 0.295 e. The highest BCUT2D eigenvalue weighted by Gasteiger charge is 2.67. The van der Waals surface area contributed by atoms with E-state index in [0.717, 1.165) is 0 Å². The lowest BCUT2D eigenvalue weighted by Gasteiger charge is -2.33. The van der Waals surface area contributed by atoms with Gasteiger partial charge in [-0.2, -0.15) is 25.3 Å². The van der Waals surface area contributed by atoms with Gasteiger partial charge in [-0.05, 0) is 0 Å². The highest BCUT2D eigenvalue weighted by Crippen LogP contribution is 2.31. The summed E-state index contributed by atoms with van der Waals surface area (Å²) in [6.45, 7) is 0. The normalized spacial score (nSPS) is 15.6. The number of carboxylic acids is 2. The van der Waals surface area contributed by atoms with Crippen molar-refractivity contribution in [2.24, 2.45) is 0 Å². The second kappa shape index (κ2) is 4.90. The monoisotopic (exact) mass is 356 g/mol. The fraction of sp³-hybridized carbons (Fsp3) is 0.500. The van der Waals surface area contributed by atoms with E-state index in [0.29, 0.717) is 0 Å². The fourth-order valence-electron chi connectivity index (χ4n) is 1.19. The molecule has 3 N–H and O–H groups in total. The van der Waals surface area contributed by atoms with Crippen molar-refractivity contribution in [1.29, 1.82) is 0 Å². The quantitative estimate of drug-likeness (QED) is 0.376. The predicted molar refractivity (Wildman–Crippen MR) is 51.2 cm³/mol. The zero-order valence-corrected chi connectivity index (χ0v) is 11.2. The van der Waals surface area contributed by atoms with Gasteiger partial charge < -0.3 is 19.8 Å². The van der Waals surface area contributed by atoms with E-state index in [9.17, 15) is 45.1 Å². The number of hydrogen-bond donors (Lipinski definition) is 3. The highest BCUT2D eigenvalue weighted by molar-refractivity contribution is 8.08. The Hall–Kier alpha value is -1.33. The van der Waals surface area contributed by atoms with Gasteiger partial charge in [-0.25, -0.2) is 0 Å². The molecule has 1 atom stereocenters. The summed E-state index contributed by atoms with van der Waals surface area (Å²) < 4.78 is 85.1. The van der Waals surface area contributed by atoms with Gasteiger partial charge in [0.15, 0.2) is 5.25 Å². The Morgan fingerprint density at radius 3 is 1.20 bits per heavy atom. The first kappa shape index (κ1) is 18.7. The SMILES string of the molecule is O=C([O-])C(C(C(=O)[O-])(S(=O)(=O)O)S(=O)(=O)O)S(=O)(=O)O. The molecule has 118 valence electrons. The van der Waals surface area contributed by atoms with E-state index in [2.05, 4.69) is 0 Å². The van der Waals surface area contributed by atoms with Crippen LogP contribution in [-0.4, -0.2) is 60.2 Å². The molecule has 0 aliphatic heterocycles. The van der Waals surface area contributed by atoms with Crippen LogP contribution < -0.4 is 10.2 Å². The van der Waals surface area contributed by atoms with Crippen molar-refractivity contribution >= 4 is 42.3 Å². The van der Waals surface area contributed by atoms with Gasteiger partial charge >= 0.3 is 0 Å². The average molecular weight is 356 g/mol. The number of carboxylic acid groups (broad SMARTS) is 2. The van der Waals surface area contributed by atoms with Crippen LogP contribution in [0.5, 0.6) is 0 Å². The fourth-order valence-corrected chi connectivity index (χ4v) is 5.60. The molecule has 13 nitrogen and oxygen atoms in total. The van der Waals surface area contributed by atoms with Crippen LogP contribution in [0.4, 0.5) is 0 Å². The van der Waals surface area contributed by atoms with E-state index in [1.165, 1.54) is 0 Å². The Balaban J connectivity index is 7.26. The third-order valence-electron chi connectivity index (χ3n) is 1.91. The van der Waals surface area contributed by atoms with Gasteiger partial charge in [0.2, 0.25) is 0 Å². The lowest BCUT2D eigenvalue weighted by Crippen LogP contribution is -2.70. The summed E-state index contributed by atoms with van der Waals surface area (Å²) in [6, 6.07) is 0. The summed E-state index contributed by atoms with van der Waals surface area (Å²) >= 11 is 0. The molecule has 0 aliphatic carbocycles. The molecule has 0 aliphatic rings.